The lowest BCUT2D eigenvalue weighted by Gasteiger charge is -2.19. The monoisotopic (exact) mass is 277 g/mol. The van der Waals surface area contributed by atoms with E-state index in [9.17, 15) is 4.79 Å². The molecular weight excluding hydrogens is 261 g/mol. The molecule has 0 aromatic carbocycles. The number of rotatable bonds is 4. The second-order valence-electron chi connectivity index (χ2n) is 5.20. The van der Waals surface area contributed by atoms with Crippen molar-refractivity contribution in [2.75, 3.05) is 24.6 Å². The third-order valence-corrected chi connectivity index (χ3v) is 3.99. The highest BCUT2D eigenvalue weighted by Gasteiger charge is 2.60. The van der Waals surface area contributed by atoms with E-state index < -0.39 is 7.12 Å². The van der Waals surface area contributed by atoms with Crippen molar-refractivity contribution in [3.05, 3.63) is 12.4 Å². The minimum Gasteiger partial charge on any atom is -0.466 e. The van der Waals surface area contributed by atoms with E-state index >= 15 is 0 Å². The van der Waals surface area contributed by atoms with Gasteiger partial charge in [0.2, 0.25) is 5.95 Å². The van der Waals surface area contributed by atoms with E-state index in [1.807, 2.05) is 11.8 Å². The van der Waals surface area contributed by atoms with E-state index in [0.29, 0.717) is 24.4 Å². The van der Waals surface area contributed by atoms with Gasteiger partial charge in [-0.15, -0.1) is 0 Å². The number of aromatic nitrogens is 2. The summed E-state index contributed by atoms with van der Waals surface area (Å²) >= 11 is 0. The lowest BCUT2D eigenvalue weighted by atomic mass is 9.83. The number of carbonyl (C=O) groups excluding carboxylic acids is 1. The molecule has 0 bridgehead atoms. The molecule has 2 aliphatic rings. The molecule has 7 nitrogen and oxygen atoms in total. The van der Waals surface area contributed by atoms with Crippen LogP contribution in [-0.4, -0.2) is 52.8 Å². The van der Waals surface area contributed by atoms with Gasteiger partial charge in [0.15, 0.2) is 0 Å². The first kappa shape index (κ1) is 13.3. The van der Waals surface area contributed by atoms with Crippen LogP contribution in [0.1, 0.15) is 6.92 Å². The third kappa shape index (κ3) is 2.25. The first-order valence-corrected chi connectivity index (χ1v) is 6.71. The maximum absolute atomic E-state index is 11.7. The largest absolute Gasteiger partial charge is 0.491 e. The maximum Gasteiger partial charge on any atom is 0.491 e. The average molecular weight is 277 g/mol. The van der Waals surface area contributed by atoms with Crippen molar-refractivity contribution in [1.29, 1.82) is 0 Å². The molecule has 1 aromatic heterocycles. The van der Waals surface area contributed by atoms with Gasteiger partial charge in [-0.3, -0.25) is 4.79 Å². The van der Waals surface area contributed by atoms with Gasteiger partial charge in [0.1, 0.15) is 0 Å². The topological polar surface area (TPSA) is 95.8 Å². The van der Waals surface area contributed by atoms with Gasteiger partial charge in [-0.1, -0.05) is 0 Å². The molecular formula is C12H16BN3O4. The summed E-state index contributed by atoms with van der Waals surface area (Å²) in [6.07, 6.45) is 2.81. The first-order valence-electron chi connectivity index (χ1n) is 6.71. The smallest absolute Gasteiger partial charge is 0.466 e. The van der Waals surface area contributed by atoms with Crippen molar-refractivity contribution in [3.8, 4) is 0 Å². The van der Waals surface area contributed by atoms with Crippen molar-refractivity contribution in [2.24, 2.45) is 17.8 Å². The van der Waals surface area contributed by atoms with Crippen LogP contribution < -0.4 is 10.4 Å². The van der Waals surface area contributed by atoms with Crippen LogP contribution in [-0.2, 0) is 9.53 Å². The van der Waals surface area contributed by atoms with Crippen LogP contribution in [0.4, 0.5) is 5.95 Å². The van der Waals surface area contributed by atoms with Crippen LogP contribution in [0.15, 0.2) is 12.4 Å². The Hall–Kier alpha value is -1.67. The summed E-state index contributed by atoms with van der Waals surface area (Å²) < 4.78 is 5.04. The second kappa shape index (κ2) is 5.03. The predicted octanol–water partition coefficient (Wildman–Crippen LogP) is -1.60. The van der Waals surface area contributed by atoms with Gasteiger partial charge in [0, 0.05) is 30.9 Å². The van der Waals surface area contributed by atoms with Gasteiger partial charge in [0.25, 0.3) is 0 Å². The quantitative estimate of drug-likeness (QED) is 0.505. The van der Waals surface area contributed by atoms with Gasteiger partial charge in [0.05, 0.1) is 12.5 Å². The highest BCUT2D eigenvalue weighted by atomic mass is 16.5. The summed E-state index contributed by atoms with van der Waals surface area (Å²) in [6, 6.07) is 0. The molecule has 0 amide bonds. The van der Waals surface area contributed by atoms with Crippen LogP contribution in [0.3, 0.4) is 0 Å². The van der Waals surface area contributed by atoms with Gasteiger partial charge in [-0.05, 0) is 18.8 Å². The molecule has 2 unspecified atom stereocenters. The molecule has 3 rings (SSSR count). The molecule has 8 heteroatoms. The van der Waals surface area contributed by atoms with Crippen molar-refractivity contribution in [2.45, 2.75) is 6.92 Å². The number of esters is 1. The molecule has 1 saturated carbocycles. The number of anilines is 1. The van der Waals surface area contributed by atoms with E-state index in [2.05, 4.69) is 9.97 Å². The fraction of sp³-hybridized carbons (Fsp3) is 0.583. The fourth-order valence-corrected chi connectivity index (χ4v) is 2.91. The van der Waals surface area contributed by atoms with Crippen LogP contribution in [0.25, 0.3) is 0 Å². The summed E-state index contributed by atoms with van der Waals surface area (Å²) in [5.41, 5.74) is 0.266. The summed E-state index contributed by atoms with van der Waals surface area (Å²) in [7, 11) is -1.55. The van der Waals surface area contributed by atoms with Gasteiger partial charge < -0.3 is 19.7 Å². The predicted molar refractivity (Wildman–Crippen MR) is 71.2 cm³/mol. The second-order valence-corrected chi connectivity index (χ2v) is 5.20. The number of fused-ring (bicyclic) bond motifs is 1. The lowest BCUT2D eigenvalue weighted by molar-refractivity contribution is -0.145. The molecule has 106 valence electrons. The summed E-state index contributed by atoms with van der Waals surface area (Å²) in [4.78, 5) is 21.9. The molecule has 1 saturated heterocycles. The summed E-state index contributed by atoms with van der Waals surface area (Å²) in [5, 5.41) is 18.0. The Balaban J connectivity index is 1.59. The van der Waals surface area contributed by atoms with E-state index in [-0.39, 0.29) is 17.4 Å². The molecule has 1 aliphatic heterocycles. The normalized spacial score (nSPS) is 27.1. The molecule has 2 atom stereocenters. The number of nitrogens with zero attached hydrogens (tertiary/aromatic N) is 3. The lowest BCUT2D eigenvalue weighted by Crippen LogP contribution is -2.33. The average Bonchev–Trinajstić information content (AvgIpc) is 2.94. The Labute approximate surface area is 116 Å². The van der Waals surface area contributed by atoms with E-state index in [1.54, 1.807) is 0 Å². The summed E-state index contributed by atoms with van der Waals surface area (Å²) in [6.45, 7) is 3.73. The Kier molecular flexibility index (Phi) is 3.35. The number of hydrogen-bond donors (Lipinski definition) is 2. The molecule has 0 spiro atoms. The molecule has 2 heterocycles. The minimum atomic E-state index is -1.55. The van der Waals surface area contributed by atoms with Crippen LogP contribution in [0, 0.1) is 17.8 Å². The molecule has 20 heavy (non-hydrogen) atoms. The molecule has 2 fully saturated rings. The van der Waals surface area contributed by atoms with Crippen molar-refractivity contribution in [1.82, 2.24) is 9.97 Å². The zero-order valence-electron chi connectivity index (χ0n) is 11.1. The Bertz CT molecular complexity index is 498. The Morgan fingerprint density at radius 1 is 1.40 bits per heavy atom. The number of piperidine rings is 1. The highest BCUT2D eigenvalue weighted by molar-refractivity contribution is 6.58. The zero-order chi connectivity index (χ0) is 14.3. The Morgan fingerprint density at radius 3 is 2.50 bits per heavy atom. The molecule has 1 aromatic rings. The molecule has 1 aliphatic carbocycles. The van der Waals surface area contributed by atoms with Crippen LogP contribution >= 0.6 is 0 Å². The van der Waals surface area contributed by atoms with Gasteiger partial charge in [-0.25, -0.2) is 9.97 Å². The SMILES string of the molecule is CCOC(=O)C1C2CN(c3ncc(B(O)O)cn3)CC21. The number of hydrogen-bond acceptors (Lipinski definition) is 7. The minimum absolute atomic E-state index is 0.0322. The third-order valence-electron chi connectivity index (χ3n) is 3.99. The van der Waals surface area contributed by atoms with E-state index in [1.165, 1.54) is 12.4 Å². The van der Waals surface area contributed by atoms with Gasteiger partial charge >= 0.3 is 13.1 Å². The fourth-order valence-electron chi connectivity index (χ4n) is 2.91. The summed E-state index contributed by atoms with van der Waals surface area (Å²) in [5.74, 6) is 1.16. The standard InChI is InChI=1S/C12H16BN3O4/c1-2-20-11(17)10-8-5-16(6-9(8)10)12-14-3-7(4-15-12)13(18)19/h3-4,8-10,18-19H,2,5-6H2,1H3. The first-order chi connectivity index (χ1) is 9.61. The molecule has 0 radical (unpaired) electrons. The van der Waals surface area contributed by atoms with Crippen molar-refractivity contribution in [3.63, 3.8) is 0 Å². The molecule has 2 N–H and O–H groups in total. The van der Waals surface area contributed by atoms with Crippen molar-refractivity contribution < 1.29 is 19.6 Å². The Morgan fingerprint density at radius 2 is 2.00 bits per heavy atom. The zero-order valence-corrected chi connectivity index (χ0v) is 11.1. The number of ether oxygens (including phenoxy) is 1. The van der Waals surface area contributed by atoms with Crippen LogP contribution in [0.5, 0.6) is 0 Å². The van der Waals surface area contributed by atoms with Crippen molar-refractivity contribution >= 4 is 24.5 Å². The highest BCUT2D eigenvalue weighted by Crippen LogP contribution is 2.52. The van der Waals surface area contributed by atoms with Crippen LogP contribution in [0.2, 0.25) is 0 Å². The van der Waals surface area contributed by atoms with E-state index in [0.717, 1.165) is 13.1 Å². The maximum atomic E-state index is 11.7. The number of carbonyl (C=O) groups is 1. The van der Waals surface area contributed by atoms with Gasteiger partial charge in [-0.2, -0.15) is 0 Å². The van der Waals surface area contributed by atoms with E-state index in [4.69, 9.17) is 14.8 Å².